The third-order valence-corrected chi connectivity index (χ3v) is 5.47. The Balaban J connectivity index is 1.73. The number of rotatable bonds is 6. The SMILES string of the molecule is CC(NCCSc1ccc(Cl)c(Cl)c1)c1cccs1. The summed E-state index contributed by atoms with van der Waals surface area (Å²) in [7, 11) is 0. The number of thiophene rings is 1. The van der Waals surface area contributed by atoms with Crippen LogP contribution >= 0.6 is 46.3 Å². The maximum absolute atomic E-state index is 5.99. The van der Waals surface area contributed by atoms with Gasteiger partial charge >= 0.3 is 0 Å². The Labute approximate surface area is 132 Å². The minimum Gasteiger partial charge on any atom is -0.309 e. The summed E-state index contributed by atoms with van der Waals surface area (Å²) in [6.07, 6.45) is 0. The Morgan fingerprint density at radius 2 is 2.11 bits per heavy atom. The summed E-state index contributed by atoms with van der Waals surface area (Å²) < 4.78 is 0. The highest BCUT2D eigenvalue weighted by Crippen LogP contribution is 2.27. The summed E-state index contributed by atoms with van der Waals surface area (Å²) >= 11 is 15.4. The van der Waals surface area contributed by atoms with Crippen LogP contribution in [-0.2, 0) is 0 Å². The van der Waals surface area contributed by atoms with Gasteiger partial charge in [0.1, 0.15) is 0 Å². The van der Waals surface area contributed by atoms with Gasteiger partial charge in [0.15, 0.2) is 0 Å². The monoisotopic (exact) mass is 331 g/mol. The summed E-state index contributed by atoms with van der Waals surface area (Å²) in [5, 5.41) is 6.84. The van der Waals surface area contributed by atoms with E-state index in [1.807, 2.05) is 18.2 Å². The highest BCUT2D eigenvalue weighted by Gasteiger charge is 2.05. The first-order valence-corrected chi connectivity index (χ1v) is 8.63. The zero-order chi connectivity index (χ0) is 13.7. The lowest BCUT2D eigenvalue weighted by Gasteiger charge is -2.11. The van der Waals surface area contributed by atoms with E-state index in [-0.39, 0.29) is 0 Å². The van der Waals surface area contributed by atoms with Crippen molar-refractivity contribution in [3.05, 3.63) is 50.6 Å². The quantitative estimate of drug-likeness (QED) is 0.554. The molecular formula is C14H15Cl2NS2. The molecule has 0 fully saturated rings. The number of hydrogen-bond donors (Lipinski definition) is 1. The highest BCUT2D eigenvalue weighted by atomic mass is 35.5. The number of thioether (sulfide) groups is 1. The van der Waals surface area contributed by atoms with Crippen molar-refractivity contribution in [3.8, 4) is 0 Å². The third-order valence-electron chi connectivity index (χ3n) is 2.68. The van der Waals surface area contributed by atoms with E-state index >= 15 is 0 Å². The molecule has 0 bridgehead atoms. The molecule has 0 amide bonds. The van der Waals surface area contributed by atoms with Crippen LogP contribution in [0.15, 0.2) is 40.6 Å². The molecule has 0 aliphatic rings. The molecule has 1 aromatic carbocycles. The second-order valence-electron chi connectivity index (χ2n) is 4.12. The smallest absolute Gasteiger partial charge is 0.0603 e. The van der Waals surface area contributed by atoms with Gasteiger partial charge in [-0.2, -0.15) is 0 Å². The molecule has 0 spiro atoms. The van der Waals surface area contributed by atoms with Crippen LogP contribution in [0.4, 0.5) is 0 Å². The Morgan fingerprint density at radius 3 is 2.79 bits per heavy atom. The van der Waals surface area contributed by atoms with Crippen LogP contribution < -0.4 is 5.32 Å². The Hall–Kier alpha value is -0.190. The Bertz CT molecular complexity index is 514. The molecule has 2 aromatic rings. The van der Waals surface area contributed by atoms with Gasteiger partial charge in [-0.25, -0.2) is 0 Å². The van der Waals surface area contributed by atoms with Crippen molar-refractivity contribution in [2.24, 2.45) is 0 Å². The molecule has 0 saturated carbocycles. The normalized spacial score (nSPS) is 12.6. The molecule has 1 nitrogen and oxygen atoms in total. The summed E-state index contributed by atoms with van der Waals surface area (Å²) in [5.41, 5.74) is 0. The van der Waals surface area contributed by atoms with Crippen LogP contribution in [-0.4, -0.2) is 12.3 Å². The van der Waals surface area contributed by atoms with Gasteiger partial charge in [0, 0.05) is 28.1 Å². The van der Waals surface area contributed by atoms with E-state index in [1.54, 1.807) is 23.1 Å². The van der Waals surface area contributed by atoms with Crippen molar-refractivity contribution in [3.63, 3.8) is 0 Å². The fourth-order valence-electron chi connectivity index (χ4n) is 1.65. The molecule has 0 aliphatic heterocycles. The average Bonchev–Trinajstić information content (AvgIpc) is 2.92. The maximum atomic E-state index is 5.99. The van der Waals surface area contributed by atoms with Crippen molar-refractivity contribution >= 4 is 46.3 Å². The van der Waals surface area contributed by atoms with E-state index in [2.05, 4.69) is 29.8 Å². The van der Waals surface area contributed by atoms with E-state index < -0.39 is 0 Å². The molecule has 2 rings (SSSR count). The van der Waals surface area contributed by atoms with Crippen LogP contribution in [0.1, 0.15) is 17.8 Å². The predicted molar refractivity (Wildman–Crippen MR) is 87.9 cm³/mol. The standard InChI is InChI=1S/C14H15Cl2NS2/c1-10(14-3-2-7-19-14)17-6-8-18-11-4-5-12(15)13(16)9-11/h2-5,7,9-10,17H,6,8H2,1H3. The van der Waals surface area contributed by atoms with Gasteiger partial charge in [-0.1, -0.05) is 29.3 Å². The number of halogens is 2. The minimum atomic E-state index is 0.411. The highest BCUT2D eigenvalue weighted by molar-refractivity contribution is 7.99. The summed E-state index contributed by atoms with van der Waals surface area (Å²) in [6.45, 7) is 3.15. The molecular weight excluding hydrogens is 317 g/mol. The topological polar surface area (TPSA) is 12.0 Å². The Kier molecular flexibility index (Phi) is 6.05. The van der Waals surface area contributed by atoms with Gasteiger partial charge in [0.2, 0.25) is 0 Å². The van der Waals surface area contributed by atoms with Gasteiger partial charge in [-0.3, -0.25) is 0 Å². The van der Waals surface area contributed by atoms with Gasteiger partial charge < -0.3 is 5.32 Å². The maximum Gasteiger partial charge on any atom is 0.0603 e. The van der Waals surface area contributed by atoms with E-state index in [4.69, 9.17) is 23.2 Å². The van der Waals surface area contributed by atoms with E-state index in [0.717, 1.165) is 17.2 Å². The van der Waals surface area contributed by atoms with Crippen LogP contribution in [0.5, 0.6) is 0 Å². The van der Waals surface area contributed by atoms with Crippen molar-refractivity contribution in [2.75, 3.05) is 12.3 Å². The molecule has 1 heterocycles. The minimum absolute atomic E-state index is 0.411. The molecule has 19 heavy (non-hydrogen) atoms. The third kappa shape index (κ3) is 4.69. The lowest BCUT2D eigenvalue weighted by molar-refractivity contribution is 0.610. The second-order valence-corrected chi connectivity index (χ2v) is 7.08. The average molecular weight is 332 g/mol. The zero-order valence-electron chi connectivity index (χ0n) is 10.5. The molecule has 5 heteroatoms. The zero-order valence-corrected chi connectivity index (χ0v) is 13.7. The molecule has 0 saturated heterocycles. The fourth-order valence-corrected chi connectivity index (χ4v) is 3.59. The van der Waals surface area contributed by atoms with Crippen molar-refractivity contribution in [2.45, 2.75) is 17.9 Å². The van der Waals surface area contributed by atoms with Crippen LogP contribution in [0.25, 0.3) is 0 Å². The van der Waals surface area contributed by atoms with Crippen molar-refractivity contribution < 1.29 is 0 Å². The molecule has 102 valence electrons. The molecule has 1 unspecified atom stereocenters. The molecule has 0 radical (unpaired) electrons. The lowest BCUT2D eigenvalue weighted by atomic mass is 10.3. The first kappa shape index (κ1) is 15.2. The van der Waals surface area contributed by atoms with E-state index in [1.165, 1.54) is 4.88 Å². The molecule has 1 N–H and O–H groups in total. The summed E-state index contributed by atoms with van der Waals surface area (Å²) in [6, 6.07) is 10.4. The van der Waals surface area contributed by atoms with Crippen molar-refractivity contribution in [1.82, 2.24) is 5.32 Å². The predicted octanol–water partition coefficient (Wildman–Crippen LogP) is 5.50. The lowest BCUT2D eigenvalue weighted by Crippen LogP contribution is -2.20. The number of nitrogens with one attached hydrogen (secondary N) is 1. The molecule has 1 aromatic heterocycles. The number of benzene rings is 1. The molecule has 0 aliphatic carbocycles. The van der Waals surface area contributed by atoms with Crippen LogP contribution in [0.3, 0.4) is 0 Å². The van der Waals surface area contributed by atoms with Gasteiger partial charge in [-0.15, -0.1) is 23.1 Å². The number of hydrogen-bond acceptors (Lipinski definition) is 3. The fraction of sp³-hybridized carbons (Fsp3) is 0.286. The summed E-state index contributed by atoms with van der Waals surface area (Å²) in [5.74, 6) is 1.01. The molecule has 1 atom stereocenters. The van der Waals surface area contributed by atoms with Crippen LogP contribution in [0.2, 0.25) is 10.0 Å². The second kappa shape index (κ2) is 7.55. The van der Waals surface area contributed by atoms with Gasteiger partial charge in [0.05, 0.1) is 10.0 Å². The van der Waals surface area contributed by atoms with E-state index in [9.17, 15) is 0 Å². The van der Waals surface area contributed by atoms with Crippen LogP contribution in [0, 0.1) is 0 Å². The largest absolute Gasteiger partial charge is 0.309 e. The van der Waals surface area contributed by atoms with E-state index in [0.29, 0.717) is 16.1 Å². The first-order valence-electron chi connectivity index (χ1n) is 6.01. The van der Waals surface area contributed by atoms with Crippen molar-refractivity contribution in [1.29, 1.82) is 0 Å². The first-order chi connectivity index (χ1) is 9.16. The van der Waals surface area contributed by atoms with Gasteiger partial charge in [0.25, 0.3) is 0 Å². The Morgan fingerprint density at radius 1 is 1.26 bits per heavy atom. The summed E-state index contributed by atoms with van der Waals surface area (Å²) in [4.78, 5) is 2.53. The van der Waals surface area contributed by atoms with Gasteiger partial charge in [-0.05, 0) is 36.6 Å².